The number of benzene rings is 6. The number of ether oxygens (including phenoxy) is 4. The highest BCUT2D eigenvalue weighted by Crippen LogP contribution is 2.39. The van der Waals surface area contributed by atoms with E-state index in [9.17, 15) is 34.0 Å². The summed E-state index contributed by atoms with van der Waals surface area (Å²) in [6.45, 7) is 6.13. The van der Waals surface area contributed by atoms with Crippen molar-refractivity contribution in [2.24, 2.45) is 32.7 Å². The summed E-state index contributed by atoms with van der Waals surface area (Å²) in [6, 6.07) is 45.6. The molecule has 468 valence electrons. The standard InChI is InChI=1S/C23H25N3O5.C22H23N3O5.C21H21N3O5/c1-4-16-21(22(23(24)28)25-30-3)20-17(26(16)13-15-9-6-5-7-10-15)11-8-12-18(20)31-14-19(27)29-2;1-3-15-20(21(22(23)28)24-29-2)19-16(10-7-11-17(19)30-13-18(26)27)25(15)12-14-8-5-4-6-9-14;1-2-14-19(20(23-28)21(22)27)18-15(9-6-10-16(18)29-12-17(25)26)24(14)11-13-7-4-3-5-8-13/h5-12H,4,13-14H2,1-3H3,(H2,24,28);4-11H,3,12-13H2,1-2H3,(H2,23,28)(H,26,27);3-10,28H,2,11-12H2,1H3,(H2,22,27)(H,25,26)/b25-22-;24-21-;. The van der Waals surface area contributed by atoms with E-state index in [1.54, 1.807) is 30.3 Å². The molecule has 24 nitrogen and oxygen atoms in total. The molecule has 0 bridgehead atoms. The molecule has 0 aliphatic heterocycles. The molecule has 0 radical (unpaired) electrons. The molecule has 3 heterocycles. The second-order valence-electron chi connectivity index (χ2n) is 19.7. The van der Waals surface area contributed by atoms with Crippen molar-refractivity contribution in [3.05, 3.63) is 196 Å². The molecule has 0 fully saturated rings. The Morgan fingerprint density at radius 3 is 0.978 bits per heavy atom. The SMILES string of the molecule is CCc1c(/C(=N/OC)C(N)=O)c2c(OCC(=O)O)cccc2n1Cc1ccccc1.CCc1c(/C(=N/OC)C(N)=O)c2c(OCC(=O)OC)cccc2n1Cc1ccccc1.CCc1c(C(=NO)C(N)=O)c2c(OCC(=O)O)cccc2n1Cc1ccccc1. The van der Waals surface area contributed by atoms with Gasteiger partial charge in [-0.3, -0.25) is 14.4 Å². The Labute approximate surface area is 516 Å². The van der Waals surface area contributed by atoms with Crippen LogP contribution in [0.5, 0.6) is 17.2 Å². The lowest BCUT2D eigenvalue weighted by Gasteiger charge is -2.11. The number of hydrogen-bond donors (Lipinski definition) is 6. The van der Waals surface area contributed by atoms with Gasteiger partial charge in [-0.05, 0) is 72.4 Å². The maximum absolute atomic E-state index is 12.3. The van der Waals surface area contributed by atoms with Crippen LogP contribution < -0.4 is 31.4 Å². The van der Waals surface area contributed by atoms with E-state index in [4.69, 9.17) is 51.3 Å². The molecular formula is C66H69N9O15. The van der Waals surface area contributed by atoms with Crippen LogP contribution in [0.15, 0.2) is 161 Å². The molecular weight excluding hydrogens is 1160 g/mol. The number of carboxylic acids is 2. The summed E-state index contributed by atoms with van der Waals surface area (Å²) in [6.07, 6.45) is 1.69. The van der Waals surface area contributed by atoms with Crippen molar-refractivity contribution in [3.8, 4) is 17.2 Å². The van der Waals surface area contributed by atoms with Crippen LogP contribution in [-0.4, -0.2) is 123 Å². The van der Waals surface area contributed by atoms with Gasteiger partial charge in [-0.15, -0.1) is 0 Å². The van der Waals surface area contributed by atoms with Crippen LogP contribution in [0.25, 0.3) is 32.7 Å². The van der Waals surface area contributed by atoms with Crippen LogP contribution in [0, 0.1) is 0 Å². The number of primary amides is 3. The number of amides is 3. The highest BCUT2D eigenvalue weighted by atomic mass is 16.6. The highest BCUT2D eigenvalue weighted by molar-refractivity contribution is 6.48. The quantitative estimate of drug-likeness (QED) is 0.0132. The molecule has 9 rings (SSSR count). The number of carbonyl (C=O) groups is 6. The normalized spacial score (nSPS) is 11.5. The van der Waals surface area contributed by atoms with Crippen LogP contribution in [0.2, 0.25) is 0 Å². The third-order valence-electron chi connectivity index (χ3n) is 14.2. The minimum absolute atomic E-state index is 0.00900. The largest absolute Gasteiger partial charge is 0.481 e. The summed E-state index contributed by atoms with van der Waals surface area (Å²) < 4.78 is 27.6. The highest BCUT2D eigenvalue weighted by Gasteiger charge is 2.30. The third kappa shape index (κ3) is 15.2. The molecule has 0 unspecified atom stereocenters. The number of rotatable bonds is 26. The number of carbonyl (C=O) groups excluding carboxylic acids is 4. The molecule has 24 heteroatoms. The van der Waals surface area contributed by atoms with Gasteiger partial charge >= 0.3 is 17.9 Å². The molecule has 0 saturated heterocycles. The van der Waals surface area contributed by atoms with Gasteiger partial charge in [0.2, 0.25) is 0 Å². The number of aromatic nitrogens is 3. The van der Waals surface area contributed by atoms with Crippen molar-refractivity contribution in [2.45, 2.75) is 59.7 Å². The van der Waals surface area contributed by atoms with Gasteiger partial charge in [-0.25, -0.2) is 14.4 Å². The van der Waals surface area contributed by atoms with Crippen molar-refractivity contribution in [2.75, 3.05) is 41.2 Å². The zero-order chi connectivity index (χ0) is 65.0. The van der Waals surface area contributed by atoms with Crippen LogP contribution in [0.4, 0.5) is 0 Å². The number of methoxy groups -OCH3 is 1. The molecule has 90 heavy (non-hydrogen) atoms. The Bertz CT molecular complexity index is 4150. The van der Waals surface area contributed by atoms with Crippen LogP contribution >= 0.6 is 0 Å². The predicted molar refractivity (Wildman–Crippen MR) is 337 cm³/mol. The lowest BCUT2D eigenvalue weighted by atomic mass is 10.0. The summed E-state index contributed by atoms with van der Waals surface area (Å²) >= 11 is 0. The smallest absolute Gasteiger partial charge is 0.343 e. The van der Waals surface area contributed by atoms with Crippen molar-refractivity contribution >= 4 is 85.5 Å². The van der Waals surface area contributed by atoms with Gasteiger partial charge < -0.3 is 74.9 Å². The third-order valence-corrected chi connectivity index (χ3v) is 14.2. The molecule has 9 N–H and O–H groups in total. The van der Waals surface area contributed by atoms with Crippen LogP contribution in [0.1, 0.15) is 71.2 Å². The van der Waals surface area contributed by atoms with Gasteiger partial charge in [0.1, 0.15) is 31.5 Å². The Hall–Kier alpha value is -11.4. The lowest BCUT2D eigenvalue weighted by molar-refractivity contribution is -0.143. The molecule has 0 atom stereocenters. The molecule has 6 aromatic carbocycles. The topological polar surface area (TPSA) is 348 Å². The number of aliphatic carboxylic acids is 2. The fourth-order valence-electron chi connectivity index (χ4n) is 10.6. The predicted octanol–water partition coefficient (Wildman–Crippen LogP) is 7.57. The average molecular weight is 1230 g/mol. The van der Waals surface area contributed by atoms with Gasteiger partial charge in [-0.1, -0.05) is 145 Å². The van der Waals surface area contributed by atoms with E-state index in [1.165, 1.54) is 21.3 Å². The summed E-state index contributed by atoms with van der Waals surface area (Å²) in [5.41, 5.74) is 25.6. The Morgan fingerprint density at radius 2 is 0.722 bits per heavy atom. The Kier molecular flexibility index (Phi) is 23.0. The van der Waals surface area contributed by atoms with Gasteiger partial charge in [0.25, 0.3) is 17.7 Å². The molecule has 0 saturated carbocycles. The fraction of sp³-hybridized carbons (Fsp3) is 0.227. The second-order valence-corrected chi connectivity index (χ2v) is 19.7. The first-order valence-electron chi connectivity index (χ1n) is 28.2. The summed E-state index contributed by atoms with van der Waals surface area (Å²) in [7, 11) is 3.98. The number of hydrogen-bond acceptors (Lipinski definition) is 16. The van der Waals surface area contributed by atoms with E-state index in [0.29, 0.717) is 88.8 Å². The number of fused-ring (bicyclic) bond motifs is 3. The average Bonchev–Trinajstić information content (AvgIpc) is 1.65. The summed E-state index contributed by atoms with van der Waals surface area (Å²) in [4.78, 5) is 80.0. The van der Waals surface area contributed by atoms with Gasteiger partial charge in [0.15, 0.2) is 37.0 Å². The zero-order valence-corrected chi connectivity index (χ0v) is 50.4. The zero-order valence-electron chi connectivity index (χ0n) is 50.4. The second kappa shape index (κ2) is 31.3. The van der Waals surface area contributed by atoms with Gasteiger partial charge in [-0.2, -0.15) is 0 Å². The molecule has 0 aliphatic rings. The molecule has 9 aromatic rings. The Morgan fingerprint density at radius 1 is 0.422 bits per heavy atom. The first kappa shape index (κ1) is 66.1. The van der Waals surface area contributed by atoms with Crippen molar-refractivity contribution in [1.29, 1.82) is 0 Å². The minimum atomic E-state index is -1.13. The maximum atomic E-state index is 12.3. The molecule has 0 spiro atoms. The number of esters is 1. The van der Waals surface area contributed by atoms with Crippen LogP contribution in [0.3, 0.4) is 0 Å². The minimum Gasteiger partial charge on any atom is -0.481 e. The van der Waals surface area contributed by atoms with Gasteiger partial charge in [0, 0.05) is 53.4 Å². The summed E-state index contributed by atoms with van der Waals surface area (Å²) in [5, 5.41) is 40.1. The van der Waals surface area contributed by atoms with Crippen molar-refractivity contribution in [3.63, 3.8) is 0 Å². The number of nitrogens with zero attached hydrogens (tertiary/aromatic N) is 6. The van der Waals surface area contributed by atoms with E-state index >= 15 is 0 Å². The molecule has 3 amide bonds. The van der Waals surface area contributed by atoms with Gasteiger partial charge in [0.05, 0.1) is 39.8 Å². The van der Waals surface area contributed by atoms with Crippen LogP contribution in [-0.2, 0) is 82.1 Å². The van der Waals surface area contributed by atoms with E-state index < -0.39 is 48.8 Å². The van der Waals surface area contributed by atoms with E-state index in [2.05, 4.69) is 29.3 Å². The Balaban J connectivity index is 0.000000192. The first-order chi connectivity index (χ1) is 43.5. The first-order valence-corrected chi connectivity index (χ1v) is 28.2. The van der Waals surface area contributed by atoms with E-state index in [1.807, 2.05) is 141 Å². The number of oxime groups is 3. The van der Waals surface area contributed by atoms with E-state index in [-0.39, 0.29) is 29.5 Å². The lowest BCUT2D eigenvalue weighted by Crippen LogP contribution is -2.26. The number of nitrogens with two attached hydrogens (primary N) is 3. The molecule has 0 aliphatic carbocycles. The van der Waals surface area contributed by atoms with E-state index in [0.717, 1.165) is 44.8 Å². The molecule has 3 aromatic heterocycles. The maximum Gasteiger partial charge on any atom is 0.343 e. The van der Waals surface area contributed by atoms with Crippen molar-refractivity contribution in [1.82, 2.24) is 13.7 Å². The monoisotopic (exact) mass is 1230 g/mol. The number of carboxylic acid groups (broad SMARTS) is 2. The fourth-order valence-corrected chi connectivity index (χ4v) is 10.6. The summed E-state index contributed by atoms with van der Waals surface area (Å²) in [5.74, 6) is -4.10. The van der Waals surface area contributed by atoms with Crippen molar-refractivity contribution < 1.29 is 72.8 Å².